The molecule has 0 aliphatic carbocycles. The van der Waals surface area contributed by atoms with Crippen LogP contribution in [0.15, 0.2) is 18.2 Å². The van der Waals surface area contributed by atoms with Crippen molar-refractivity contribution < 1.29 is 19.0 Å². The van der Waals surface area contributed by atoms with Gasteiger partial charge in [0.15, 0.2) is 0 Å². The summed E-state index contributed by atoms with van der Waals surface area (Å²) in [5.41, 5.74) is 0.854. The van der Waals surface area contributed by atoms with E-state index in [0.29, 0.717) is 24.5 Å². The second kappa shape index (κ2) is 8.60. The van der Waals surface area contributed by atoms with E-state index in [9.17, 15) is 4.79 Å². The SMILES string of the molecule is COc1ccc(CC(=O)NCCN2CCOCC2)c(OC)c1. The topological polar surface area (TPSA) is 60.0 Å². The average Bonchev–Trinajstić information content (AvgIpc) is 2.56. The number of rotatable bonds is 7. The van der Waals surface area contributed by atoms with Gasteiger partial charge in [0.25, 0.3) is 0 Å². The highest BCUT2D eigenvalue weighted by Gasteiger charge is 2.12. The van der Waals surface area contributed by atoms with Gasteiger partial charge in [-0.15, -0.1) is 0 Å². The van der Waals surface area contributed by atoms with Crippen LogP contribution in [0.3, 0.4) is 0 Å². The molecule has 1 aliphatic heterocycles. The van der Waals surface area contributed by atoms with E-state index in [4.69, 9.17) is 14.2 Å². The van der Waals surface area contributed by atoms with Crippen LogP contribution in [0.25, 0.3) is 0 Å². The zero-order valence-electron chi connectivity index (χ0n) is 13.3. The molecule has 1 heterocycles. The van der Waals surface area contributed by atoms with Crippen molar-refractivity contribution in [3.05, 3.63) is 23.8 Å². The van der Waals surface area contributed by atoms with Crippen molar-refractivity contribution in [3.8, 4) is 11.5 Å². The van der Waals surface area contributed by atoms with E-state index >= 15 is 0 Å². The third-order valence-corrected chi connectivity index (χ3v) is 3.70. The molecule has 1 aliphatic rings. The van der Waals surface area contributed by atoms with E-state index < -0.39 is 0 Å². The van der Waals surface area contributed by atoms with Crippen molar-refractivity contribution in [2.75, 3.05) is 53.6 Å². The third kappa shape index (κ3) is 4.89. The van der Waals surface area contributed by atoms with Crippen LogP contribution in [0, 0.1) is 0 Å². The number of benzene rings is 1. The van der Waals surface area contributed by atoms with Crippen LogP contribution in [0.2, 0.25) is 0 Å². The predicted molar refractivity (Wildman–Crippen MR) is 83.5 cm³/mol. The van der Waals surface area contributed by atoms with Gasteiger partial charge in [-0.3, -0.25) is 9.69 Å². The van der Waals surface area contributed by atoms with Gasteiger partial charge < -0.3 is 19.5 Å². The van der Waals surface area contributed by atoms with Gasteiger partial charge in [-0.05, 0) is 6.07 Å². The van der Waals surface area contributed by atoms with Crippen molar-refractivity contribution in [1.82, 2.24) is 10.2 Å². The van der Waals surface area contributed by atoms with Crippen molar-refractivity contribution in [2.45, 2.75) is 6.42 Å². The van der Waals surface area contributed by atoms with Crippen LogP contribution in [0.4, 0.5) is 0 Å². The van der Waals surface area contributed by atoms with E-state index in [1.165, 1.54) is 0 Å². The minimum atomic E-state index is -0.00303. The molecule has 0 saturated carbocycles. The first kappa shape index (κ1) is 16.6. The number of ether oxygens (including phenoxy) is 3. The monoisotopic (exact) mass is 308 g/mol. The number of methoxy groups -OCH3 is 2. The Hall–Kier alpha value is -1.79. The molecule has 6 heteroatoms. The molecule has 0 aromatic heterocycles. The van der Waals surface area contributed by atoms with E-state index in [2.05, 4.69) is 10.2 Å². The number of nitrogens with one attached hydrogen (secondary N) is 1. The van der Waals surface area contributed by atoms with Crippen molar-refractivity contribution in [3.63, 3.8) is 0 Å². The van der Waals surface area contributed by atoms with Gasteiger partial charge in [-0.2, -0.15) is 0 Å². The minimum Gasteiger partial charge on any atom is -0.497 e. The largest absolute Gasteiger partial charge is 0.497 e. The number of hydrogen-bond acceptors (Lipinski definition) is 5. The maximum Gasteiger partial charge on any atom is 0.224 e. The normalized spacial score (nSPS) is 15.4. The van der Waals surface area contributed by atoms with Gasteiger partial charge in [0.05, 0.1) is 33.9 Å². The van der Waals surface area contributed by atoms with Gasteiger partial charge in [-0.25, -0.2) is 0 Å². The number of amides is 1. The van der Waals surface area contributed by atoms with E-state index in [1.54, 1.807) is 20.3 Å². The summed E-state index contributed by atoms with van der Waals surface area (Å²) in [4.78, 5) is 14.3. The first-order valence-electron chi connectivity index (χ1n) is 7.50. The summed E-state index contributed by atoms with van der Waals surface area (Å²) >= 11 is 0. The summed E-state index contributed by atoms with van der Waals surface area (Å²) in [7, 11) is 3.20. The average molecular weight is 308 g/mol. The van der Waals surface area contributed by atoms with Crippen molar-refractivity contribution in [1.29, 1.82) is 0 Å². The van der Waals surface area contributed by atoms with Crippen molar-refractivity contribution >= 4 is 5.91 Å². The Bertz CT molecular complexity index is 487. The Morgan fingerprint density at radius 2 is 2.05 bits per heavy atom. The molecule has 1 aromatic rings. The smallest absolute Gasteiger partial charge is 0.224 e. The lowest BCUT2D eigenvalue weighted by Crippen LogP contribution is -2.41. The van der Waals surface area contributed by atoms with Gasteiger partial charge in [-0.1, -0.05) is 6.07 Å². The van der Waals surface area contributed by atoms with Gasteiger partial charge in [0, 0.05) is 37.8 Å². The number of hydrogen-bond donors (Lipinski definition) is 1. The highest BCUT2D eigenvalue weighted by molar-refractivity contribution is 5.79. The first-order chi connectivity index (χ1) is 10.7. The molecule has 2 rings (SSSR count). The highest BCUT2D eigenvalue weighted by Crippen LogP contribution is 2.24. The maximum atomic E-state index is 12.0. The number of carbonyl (C=O) groups is 1. The molecule has 1 aromatic carbocycles. The molecule has 122 valence electrons. The fraction of sp³-hybridized carbons (Fsp3) is 0.562. The van der Waals surface area contributed by atoms with Crippen LogP contribution >= 0.6 is 0 Å². The first-order valence-corrected chi connectivity index (χ1v) is 7.50. The van der Waals surface area contributed by atoms with Crippen LogP contribution in [-0.2, 0) is 16.0 Å². The Labute approximate surface area is 131 Å². The Kier molecular flexibility index (Phi) is 6.48. The summed E-state index contributed by atoms with van der Waals surface area (Å²) in [5, 5.41) is 2.95. The highest BCUT2D eigenvalue weighted by atomic mass is 16.5. The zero-order valence-corrected chi connectivity index (χ0v) is 13.3. The molecular formula is C16H24N2O4. The molecule has 22 heavy (non-hydrogen) atoms. The second-order valence-corrected chi connectivity index (χ2v) is 5.16. The predicted octanol–water partition coefficient (Wildman–Crippen LogP) is 0.695. The van der Waals surface area contributed by atoms with Crippen LogP contribution in [-0.4, -0.2) is 64.4 Å². The molecule has 0 radical (unpaired) electrons. The fourth-order valence-corrected chi connectivity index (χ4v) is 2.41. The Morgan fingerprint density at radius 3 is 2.73 bits per heavy atom. The quantitative estimate of drug-likeness (QED) is 0.803. The molecule has 1 N–H and O–H groups in total. The number of nitrogens with zero attached hydrogens (tertiary/aromatic N) is 1. The van der Waals surface area contributed by atoms with Gasteiger partial charge >= 0.3 is 0 Å². The molecule has 1 saturated heterocycles. The Morgan fingerprint density at radius 1 is 1.27 bits per heavy atom. The summed E-state index contributed by atoms with van der Waals surface area (Å²) in [6.07, 6.45) is 0.302. The Balaban J connectivity index is 1.78. The molecule has 0 atom stereocenters. The maximum absolute atomic E-state index is 12.0. The summed E-state index contributed by atoms with van der Waals surface area (Å²) < 4.78 is 15.8. The molecule has 1 fully saturated rings. The lowest BCUT2D eigenvalue weighted by molar-refractivity contribution is -0.120. The molecule has 6 nitrogen and oxygen atoms in total. The molecule has 0 spiro atoms. The fourth-order valence-electron chi connectivity index (χ4n) is 2.41. The van der Waals surface area contributed by atoms with Gasteiger partial charge in [0.2, 0.25) is 5.91 Å². The van der Waals surface area contributed by atoms with Crippen molar-refractivity contribution in [2.24, 2.45) is 0 Å². The van der Waals surface area contributed by atoms with E-state index in [-0.39, 0.29) is 5.91 Å². The number of morpholine rings is 1. The molecule has 0 bridgehead atoms. The summed E-state index contributed by atoms with van der Waals surface area (Å²) in [6, 6.07) is 5.48. The summed E-state index contributed by atoms with van der Waals surface area (Å²) in [6.45, 7) is 4.92. The summed E-state index contributed by atoms with van der Waals surface area (Å²) in [5.74, 6) is 1.38. The molecular weight excluding hydrogens is 284 g/mol. The minimum absolute atomic E-state index is 0.00303. The van der Waals surface area contributed by atoms with Crippen LogP contribution in [0.5, 0.6) is 11.5 Å². The molecule has 0 unspecified atom stereocenters. The van der Waals surface area contributed by atoms with E-state index in [0.717, 1.165) is 38.4 Å². The number of carbonyl (C=O) groups excluding carboxylic acids is 1. The standard InChI is InChI=1S/C16H24N2O4/c1-20-14-4-3-13(15(12-14)21-2)11-16(19)17-5-6-18-7-9-22-10-8-18/h3-4,12H,5-11H2,1-2H3,(H,17,19). The van der Waals surface area contributed by atoms with Crippen LogP contribution < -0.4 is 14.8 Å². The van der Waals surface area contributed by atoms with Gasteiger partial charge in [0.1, 0.15) is 11.5 Å². The lowest BCUT2D eigenvalue weighted by atomic mass is 10.1. The van der Waals surface area contributed by atoms with E-state index in [1.807, 2.05) is 12.1 Å². The second-order valence-electron chi connectivity index (χ2n) is 5.16. The third-order valence-electron chi connectivity index (χ3n) is 3.70. The lowest BCUT2D eigenvalue weighted by Gasteiger charge is -2.26. The van der Waals surface area contributed by atoms with Crippen LogP contribution in [0.1, 0.15) is 5.56 Å². The zero-order chi connectivity index (χ0) is 15.8. The molecule has 1 amide bonds.